The maximum atomic E-state index is 5.94. The Bertz CT molecular complexity index is 815. The molecule has 0 aliphatic rings. The van der Waals surface area contributed by atoms with Gasteiger partial charge in [0.25, 0.3) is 0 Å². The summed E-state index contributed by atoms with van der Waals surface area (Å²) in [5, 5.41) is 6.60. The Hall–Kier alpha value is -2.20. The molecule has 0 radical (unpaired) electrons. The van der Waals surface area contributed by atoms with E-state index in [9.17, 15) is 0 Å². The van der Waals surface area contributed by atoms with Crippen LogP contribution in [0.5, 0.6) is 17.2 Å². The third-order valence-electron chi connectivity index (χ3n) is 4.25. The van der Waals surface area contributed by atoms with E-state index in [1.807, 2.05) is 70.4 Å². The molecule has 8 heteroatoms. The molecular formula is C23H35IN4O3. The van der Waals surface area contributed by atoms with Gasteiger partial charge in [-0.3, -0.25) is 0 Å². The maximum absolute atomic E-state index is 5.94. The topological polar surface area (TPSA) is 67.4 Å². The van der Waals surface area contributed by atoms with E-state index in [4.69, 9.17) is 19.2 Å². The Morgan fingerprint density at radius 1 is 1.00 bits per heavy atom. The van der Waals surface area contributed by atoms with Gasteiger partial charge in [-0.25, -0.2) is 4.99 Å². The molecule has 0 heterocycles. The number of para-hydroxylation sites is 1. The summed E-state index contributed by atoms with van der Waals surface area (Å²) in [6.07, 6.45) is 0. The average Bonchev–Trinajstić information content (AvgIpc) is 2.74. The number of hydrogen-bond donors (Lipinski definition) is 2. The highest BCUT2D eigenvalue weighted by molar-refractivity contribution is 14.0. The summed E-state index contributed by atoms with van der Waals surface area (Å²) in [5.41, 5.74) is 1.91. The number of guanidine groups is 1. The minimum atomic E-state index is 0. The second kappa shape index (κ2) is 14.7. The van der Waals surface area contributed by atoms with Crippen LogP contribution in [0.4, 0.5) is 5.69 Å². The molecule has 0 bridgehead atoms. The van der Waals surface area contributed by atoms with Crippen LogP contribution in [0.1, 0.15) is 19.4 Å². The van der Waals surface area contributed by atoms with Crippen LogP contribution in [-0.4, -0.2) is 58.4 Å². The van der Waals surface area contributed by atoms with Crippen LogP contribution in [0.3, 0.4) is 0 Å². The number of ether oxygens (including phenoxy) is 3. The summed E-state index contributed by atoms with van der Waals surface area (Å²) in [4.78, 5) is 6.83. The summed E-state index contributed by atoms with van der Waals surface area (Å²) in [7, 11) is 5.70. The fourth-order valence-electron chi connectivity index (χ4n) is 2.74. The fraction of sp³-hybridized carbons (Fsp3) is 0.435. The number of nitrogens with one attached hydrogen (secondary N) is 2. The lowest BCUT2D eigenvalue weighted by Gasteiger charge is -2.15. The van der Waals surface area contributed by atoms with Crippen molar-refractivity contribution in [1.29, 1.82) is 0 Å². The monoisotopic (exact) mass is 542 g/mol. The molecule has 0 amide bonds. The zero-order valence-electron chi connectivity index (χ0n) is 19.1. The van der Waals surface area contributed by atoms with Crippen molar-refractivity contribution in [2.75, 3.05) is 52.8 Å². The van der Waals surface area contributed by atoms with Crippen molar-refractivity contribution in [1.82, 2.24) is 10.2 Å². The Morgan fingerprint density at radius 3 is 2.45 bits per heavy atom. The minimum absolute atomic E-state index is 0. The van der Waals surface area contributed by atoms with Gasteiger partial charge in [0.15, 0.2) is 17.5 Å². The van der Waals surface area contributed by atoms with E-state index in [1.165, 1.54) is 0 Å². The van der Waals surface area contributed by atoms with Crippen LogP contribution in [0, 0.1) is 0 Å². The Morgan fingerprint density at radius 2 is 1.77 bits per heavy atom. The van der Waals surface area contributed by atoms with Crippen LogP contribution < -0.4 is 24.8 Å². The lowest BCUT2D eigenvalue weighted by atomic mass is 10.2. The first kappa shape index (κ1) is 26.8. The van der Waals surface area contributed by atoms with Crippen molar-refractivity contribution in [3.63, 3.8) is 0 Å². The van der Waals surface area contributed by atoms with Crippen LogP contribution >= 0.6 is 24.0 Å². The van der Waals surface area contributed by atoms with E-state index in [2.05, 4.69) is 15.5 Å². The van der Waals surface area contributed by atoms with E-state index in [0.29, 0.717) is 31.5 Å². The lowest BCUT2D eigenvalue weighted by Crippen LogP contribution is -2.30. The summed E-state index contributed by atoms with van der Waals surface area (Å²) >= 11 is 0. The normalized spacial score (nSPS) is 11.0. The Kier molecular flexibility index (Phi) is 12.8. The van der Waals surface area contributed by atoms with Gasteiger partial charge in [0.05, 0.1) is 20.3 Å². The predicted octanol–water partition coefficient (Wildman–Crippen LogP) is 4.23. The number of halogens is 1. The van der Waals surface area contributed by atoms with Gasteiger partial charge in [0.1, 0.15) is 12.4 Å². The molecule has 0 unspecified atom stereocenters. The van der Waals surface area contributed by atoms with Gasteiger partial charge in [-0.15, -0.1) is 24.0 Å². The van der Waals surface area contributed by atoms with E-state index in [1.54, 1.807) is 7.11 Å². The number of methoxy groups -OCH3 is 1. The van der Waals surface area contributed by atoms with Gasteiger partial charge in [0, 0.05) is 30.4 Å². The molecule has 0 saturated carbocycles. The average molecular weight is 542 g/mol. The van der Waals surface area contributed by atoms with E-state index in [0.717, 1.165) is 35.8 Å². The molecule has 2 N–H and O–H groups in total. The molecule has 7 nitrogen and oxygen atoms in total. The molecule has 31 heavy (non-hydrogen) atoms. The molecule has 2 rings (SSSR count). The highest BCUT2D eigenvalue weighted by Crippen LogP contribution is 2.30. The SMILES string of the molecule is CCNC(=NCc1ccccc1OCCN(C)C)Nc1ccc(OCC)c(OC)c1.I. The Labute approximate surface area is 203 Å². The molecule has 2 aromatic rings. The molecular weight excluding hydrogens is 507 g/mol. The second-order valence-corrected chi connectivity index (χ2v) is 6.88. The molecule has 2 aromatic carbocycles. The van der Waals surface area contributed by atoms with Gasteiger partial charge >= 0.3 is 0 Å². The minimum Gasteiger partial charge on any atom is -0.493 e. The van der Waals surface area contributed by atoms with Gasteiger partial charge in [-0.1, -0.05) is 18.2 Å². The first-order valence-electron chi connectivity index (χ1n) is 10.3. The zero-order valence-corrected chi connectivity index (χ0v) is 21.4. The molecule has 0 aliphatic carbocycles. The molecule has 172 valence electrons. The molecule has 0 aliphatic heterocycles. The summed E-state index contributed by atoms with van der Waals surface area (Å²) in [6.45, 7) is 7.32. The van der Waals surface area contributed by atoms with Crippen LogP contribution in [0.15, 0.2) is 47.5 Å². The first-order valence-corrected chi connectivity index (χ1v) is 10.3. The maximum Gasteiger partial charge on any atom is 0.196 e. The van der Waals surface area contributed by atoms with Crippen molar-refractivity contribution < 1.29 is 14.2 Å². The third kappa shape index (κ3) is 9.22. The number of benzene rings is 2. The molecule has 0 aromatic heterocycles. The van der Waals surface area contributed by atoms with Crippen molar-refractivity contribution in [3.05, 3.63) is 48.0 Å². The number of hydrogen-bond acceptors (Lipinski definition) is 5. The largest absolute Gasteiger partial charge is 0.493 e. The van der Waals surface area contributed by atoms with Crippen molar-refractivity contribution in [2.24, 2.45) is 4.99 Å². The van der Waals surface area contributed by atoms with E-state index in [-0.39, 0.29) is 24.0 Å². The highest BCUT2D eigenvalue weighted by Gasteiger charge is 2.08. The zero-order chi connectivity index (χ0) is 21.8. The number of likely N-dealkylation sites (N-methyl/N-ethyl adjacent to an activating group) is 1. The number of anilines is 1. The first-order chi connectivity index (χ1) is 14.6. The van der Waals surface area contributed by atoms with Crippen LogP contribution in [0.2, 0.25) is 0 Å². The van der Waals surface area contributed by atoms with Gasteiger partial charge < -0.3 is 29.7 Å². The van der Waals surface area contributed by atoms with E-state index < -0.39 is 0 Å². The molecule has 0 saturated heterocycles. The summed E-state index contributed by atoms with van der Waals surface area (Å²) in [5.74, 6) is 2.95. The fourth-order valence-corrected chi connectivity index (χ4v) is 2.74. The number of aliphatic imine (C=N–C) groups is 1. The van der Waals surface area contributed by atoms with Gasteiger partial charge in [-0.05, 0) is 46.1 Å². The third-order valence-corrected chi connectivity index (χ3v) is 4.25. The second-order valence-electron chi connectivity index (χ2n) is 6.88. The summed E-state index contributed by atoms with van der Waals surface area (Å²) < 4.78 is 17.0. The van der Waals surface area contributed by atoms with Crippen molar-refractivity contribution in [2.45, 2.75) is 20.4 Å². The number of rotatable bonds is 11. The molecule has 0 spiro atoms. The van der Waals surface area contributed by atoms with Crippen molar-refractivity contribution in [3.8, 4) is 17.2 Å². The standard InChI is InChI=1S/C23H34N4O3.HI/c1-6-24-23(26-19-12-13-21(29-7-2)22(16-19)28-5)25-17-18-10-8-9-11-20(18)30-15-14-27(3)4;/h8-13,16H,6-7,14-15,17H2,1-5H3,(H2,24,25,26);1H. The summed E-state index contributed by atoms with van der Waals surface area (Å²) in [6, 6.07) is 13.7. The van der Waals surface area contributed by atoms with Crippen LogP contribution in [0.25, 0.3) is 0 Å². The number of nitrogens with zero attached hydrogens (tertiary/aromatic N) is 2. The van der Waals surface area contributed by atoms with Gasteiger partial charge in [0.2, 0.25) is 0 Å². The molecule has 0 atom stereocenters. The quantitative estimate of drug-likeness (QED) is 0.252. The highest BCUT2D eigenvalue weighted by atomic mass is 127. The van der Waals surface area contributed by atoms with Crippen LogP contribution in [-0.2, 0) is 6.54 Å². The van der Waals surface area contributed by atoms with E-state index >= 15 is 0 Å². The lowest BCUT2D eigenvalue weighted by molar-refractivity contribution is 0.259. The smallest absolute Gasteiger partial charge is 0.196 e. The van der Waals surface area contributed by atoms with Gasteiger partial charge in [-0.2, -0.15) is 0 Å². The predicted molar refractivity (Wildman–Crippen MR) is 139 cm³/mol. The Balaban J connectivity index is 0.00000480. The van der Waals surface area contributed by atoms with Crippen molar-refractivity contribution >= 4 is 35.6 Å². The molecule has 0 fully saturated rings.